The van der Waals surface area contributed by atoms with E-state index in [1.807, 2.05) is 6.92 Å². The summed E-state index contributed by atoms with van der Waals surface area (Å²) < 4.78 is 1.45. The zero-order valence-electron chi connectivity index (χ0n) is 8.95. The Kier molecular flexibility index (Phi) is 2.95. The smallest absolute Gasteiger partial charge is 0.294 e. The topological polar surface area (TPSA) is 51.0 Å². The van der Waals surface area contributed by atoms with Crippen LogP contribution in [0.5, 0.6) is 0 Å². The van der Waals surface area contributed by atoms with E-state index in [2.05, 4.69) is 9.97 Å². The Morgan fingerprint density at radius 3 is 2.62 bits per heavy atom. The van der Waals surface area contributed by atoms with Gasteiger partial charge < -0.3 is 0 Å². The van der Waals surface area contributed by atoms with Crippen LogP contribution in [0.4, 0.5) is 10.5 Å². The fourth-order valence-electron chi connectivity index (χ4n) is 1.46. The highest BCUT2D eigenvalue weighted by atomic mass is 16.2. The van der Waals surface area contributed by atoms with Crippen molar-refractivity contribution < 1.29 is 4.79 Å². The maximum Gasteiger partial charge on any atom is 0.333 e. The Morgan fingerprint density at radius 1 is 1.31 bits per heavy atom. The van der Waals surface area contributed by atoms with Crippen LogP contribution in [-0.2, 0) is 0 Å². The molecule has 5 nitrogen and oxygen atoms in total. The summed E-state index contributed by atoms with van der Waals surface area (Å²) in [7, 11) is 0. The summed E-state index contributed by atoms with van der Waals surface area (Å²) in [6.45, 7) is 2.52. The van der Waals surface area contributed by atoms with Gasteiger partial charge in [-0.1, -0.05) is 0 Å². The van der Waals surface area contributed by atoms with Crippen molar-refractivity contribution in [2.24, 2.45) is 0 Å². The first kappa shape index (κ1) is 10.4. The van der Waals surface area contributed by atoms with Gasteiger partial charge in [0.05, 0.1) is 0 Å². The van der Waals surface area contributed by atoms with E-state index in [0.29, 0.717) is 6.54 Å². The van der Waals surface area contributed by atoms with Gasteiger partial charge in [-0.2, -0.15) is 0 Å². The zero-order valence-corrected chi connectivity index (χ0v) is 8.95. The standard InChI is InChI=1S/C11H12N4O/c1-2-15(10-3-5-12-6-4-10)11(16)14-8-7-13-9-14/h3-9H,2H2,1H3. The van der Waals surface area contributed by atoms with Crippen molar-refractivity contribution in [2.75, 3.05) is 11.4 Å². The molecule has 0 bridgehead atoms. The van der Waals surface area contributed by atoms with Gasteiger partial charge in [0, 0.05) is 37.0 Å². The molecule has 0 spiro atoms. The van der Waals surface area contributed by atoms with Crippen LogP contribution in [0.25, 0.3) is 0 Å². The normalized spacial score (nSPS) is 10.1. The van der Waals surface area contributed by atoms with Crippen molar-refractivity contribution in [1.82, 2.24) is 14.5 Å². The molecular weight excluding hydrogens is 204 g/mol. The summed E-state index contributed by atoms with van der Waals surface area (Å²) in [6.07, 6.45) is 8.04. The van der Waals surface area contributed by atoms with Gasteiger partial charge in [0.1, 0.15) is 6.33 Å². The zero-order chi connectivity index (χ0) is 11.4. The molecule has 0 aliphatic heterocycles. The Balaban J connectivity index is 2.27. The molecule has 1 amide bonds. The highest BCUT2D eigenvalue weighted by molar-refractivity contribution is 5.93. The molecule has 0 atom stereocenters. The molecule has 0 N–H and O–H groups in total. The lowest BCUT2D eigenvalue weighted by molar-refractivity contribution is 0.248. The molecule has 2 heterocycles. The second kappa shape index (κ2) is 4.57. The minimum Gasteiger partial charge on any atom is -0.294 e. The molecule has 2 rings (SSSR count). The number of hydrogen-bond donors (Lipinski definition) is 0. The molecule has 82 valence electrons. The summed E-state index contributed by atoms with van der Waals surface area (Å²) in [5.41, 5.74) is 0.830. The molecule has 5 heteroatoms. The maximum absolute atomic E-state index is 12.1. The predicted molar refractivity (Wildman–Crippen MR) is 60.3 cm³/mol. The van der Waals surface area contributed by atoms with E-state index < -0.39 is 0 Å². The molecule has 0 aliphatic rings. The molecular formula is C11H12N4O. The average Bonchev–Trinajstić information content (AvgIpc) is 2.85. The quantitative estimate of drug-likeness (QED) is 0.768. The summed E-state index contributed by atoms with van der Waals surface area (Å²) in [5.74, 6) is 0. The molecule has 0 saturated heterocycles. The van der Waals surface area contributed by atoms with Crippen LogP contribution in [0, 0.1) is 0 Å². The third-order valence-corrected chi connectivity index (χ3v) is 2.25. The number of carbonyl (C=O) groups excluding carboxylic acids is 1. The van der Waals surface area contributed by atoms with Gasteiger partial charge in [0.25, 0.3) is 0 Å². The third kappa shape index (κ3) is 1.93. The van der Waals surface area contributed by atoms with Crippen LogP contribution < -0.4 is 4.90 Å². The van der Waals surface area contributed by atoms with Crippen LogP contribution in [0.2, 0.25) is 0 Å². The van der Waals surface area contributed by atoms with E-state index in [1.165, 1.54) is 10.9 Å². The highest BCUT2D eigenvalue weighted by Gasteiger charge is 2.14. The van der Waals surface area contributed by atoms with Crippen LogP contribution >= 0.6 is 0 Å². The summed E-state index contributed by atoms with van der Waals surface area (Å²) in [6, 6.07) is 3.49. The van der Waals surface area contributed by atoms with Crippen molar-refractivity contribution in [2.45, 2.75) is 6.92 Å². The predicted octanol–water partition coefficient (Wildman–Crippen LogP) is 1.77. The number of amides is 1. The maximum atomic E-state index is 12.1. The van der Waals surface area contributed by atoms with Crippen molar-refractivity contribution in [3.05, 3.63) is 43.2 Å². The molecule has 2 aromatic heterocycles. The molecule has 0 radical (unpaired) electrons. The lowest BCUT2D eigenvalue weighted by atomic mass is 10.3. The van der Waals surface area contributed by atoms with Gasteiger partial charge in [-0.05, 0) is 19.1 Å². The van der Waals surface area contributed by atoms with Gasteiger partial charge >= 0.3 is 6.03 Å². The van der Waals surface area contributed by atoms with Crippen LogP contribution in [0.1, 0.15) is 6.92 Å². The number of rotatable bonds is 2. The van der Waals surface area contributed by atoms with Crippen LogP contribution in [-0.4, -0.2) is 27.1 Å². The Labute approximate surface area is 93.4 Å². The molecule has 0 aromatic carbocycles. The molecule has 0 aliphatic carbocycles. The number of anilines is 1. The van der Waals surface area contributed by atoms with Gasteiger partial charge in [-0.3, -0.25) is 14.5 Å². The van der Waals surface area contributed by atoms with Crippen LogP contribution in [0.15, 0.2) is 43.2 Å². The third-order valence-electron chi connectivity index (χ3n) is 2.25. The first-order valence-electron chi connectivity index (χ1n) is 5.02. The molecule has 2 aromatic rings. The van der Waals surface area contributed by atoms with E-state index in [9.17, 15) is 4.79 Å². The molecule has 0 saturated carbocycles. The fraction of sp³-hybridized carbons (Fsp3) is 0.182. The van der Waals surface area contributed by atoms with Gasteiger partial charge in [-0.15, -0.1) is 0 Å². The number of nitrogens with zero attached hydrogens (tertiary/aromatic N) is 4. The number of imidazole rings is 1. The molecule has 16 heavy (non-hydrogen) atoms. The van der Waals surface area contributed by atoms with Crippen molar-refractivity contribution >= 4 is 11.7 Å². The summed E-state index contributed by atoms with van der Waals surface area (Å²) in [5, 5.41) is 0. The van der Waals surface area contributed by atoms with Gasteiger partial charge in [0.15, 0.2) is 0 Å². The number of carbonyl (C=O) groups is 1. The number of pyridine rings is 1. The monoisotopic (exact) mass is 216 g/mol. The Morgan fingerprint density at radius 2 is 2.06 bits per heavy atom. The van der Waals surface area contributed by atoms with E-state index >= 15 is 0 Å². The Hall–Kier alpha value is -2.17. The van der Waals surface area contributed by atoms with Crippen LogP contribution in [0.3, 0.4) is 0 Å². The number of hydrogen-bond acceptors (Lipinski definition) is 3. The van der Waals surface area contributed by atoms with Crippen molar-refractivity contribution in [3.63, 3.8) is 0 Å². The van der Waals surface area contributed by atoms with E-state index in [4.69, 9.17) is 0 Å². The highest BCUT2D eigenvalue weighted by Crippen LogP contribution is 2.13. The Bertz CT molecular complexity index is 452. The van der Waals surface area contributed by atoms with Crippen molar-refractivity contribution in [3.8, 4) is 0 Å². The largest absolute Gasteiger partial charge is 0.333 e. The fourth-order valence-corrected chi connectivity index (χ4v) is 1.46. The summed E-state index contributed by atoms with van der Waals surface area (Å²) in [4.78, 5) is 21.5. The number of aromatic nitrogens is 3. The molecule has 0 fully saturated rings. The van der Waals surface area contributed by atoms with Crippen molar-refractivity contribution in [1.29, 1.82) is 0 Å². The van der Waals surface area contributed by atoms with E-state index in [1.54, 1.807) is 41.8 Å². The first-order valence-corrected chi connectivity index (χ1v) is 5.02. The first-order chi connectivity index (χ1) is 7.83. The van der Waals surface area contributed by atoms with E-state index in [-0.39, 0.29) is 6.03 Å². The molecule has 0 unspecified atom stereocenters. The minimum atomic E-state index is -0.119. The van der Waals surface area contributed by atoms with Gasteiger partial charge in [-0.25, -0.2) is 9.78 Å². The summed E-state index contributed by atoms with van der Waals surface area (Å²) >= 11 is 0. The minimum absolute atomic E-state index is 0.119. The van der Waals surface area contributed by atoms with Gasteiger partial charge in [0.2, 0.25) is 0 Å². The SMILES string of the molecule is CCN(C(=O)n1ccnc1)c1ccncc1. The lowest BCUT2D eigenvalue weighted by Gasteiger charge is -2.20. The average molecular weight is 216 g/mol. The second-order valence-electron chi connectivity index (χ2n) is 3.20. The van der Waals surface area contributed by atoms with E-state index in [0.717, 1.165) is 5.69 Å². The second-order valence-corrected chi connectivity index (χ2v) is 3.20. The lowest BCUT2D eigenvalue weighted by Crippen LogP contribution is -2.33.